The highest BCUT2D eigenvalue weighted by atomic mass is 19.4. The Labute approximate surface area is 308 Å². The number of aromatic nitrogens is 3. The Hall–Kier alpha value is -6.92. The third kappa shape index (κ3) is 5.10. The summed E-state index contributed by atoms with van der Waals surface area (Å²) in [5, 5.41) is 3.50. The van der Waals surface area contributed by atoms with Crippen molar-refractivity contribution < 1.29 is 13.2 Å². The molecule has 0 unspecified atom stereocenters. The Morgan fingerprint density at radius 1 is 0.352 bits per heavy atom. The second kappa shape index (κ2) is 12.3. The molecule has 10 rings (SSSR count). The number of para-hydroxylation sites is 2. The van der Waals surface area contributed by atoms with Gasteiger partial charge in [0, 0.05) is 33.9 Å². The van der Waals surface area contributed by atoms with Crippen LogP contribution in [0, 0.1) is 0 Å². The molecule has 258 valence electrons. The Balaban J connectivity index is 1.33. The maximum Gasteiger partial charge on any atom is 0.420 e. The summed E-state index contributed by atoms with van der Waals surface area (Å²) in [6, 6.07) is 54.6. The molecule has 0 amide bonds. The highest BCUT2D eigenvalue weighted by Gasteiger charge is 2.39. The van der Waals surface area contributed by atoms with E-state index in [4.69, 9.17) is 0 Å². The normalized spacial score (nSPS) is 12.0. The monoisotopic (exact) mass is 705 g/mol. The van der Waals surface area contributed by atoms with Crippen molar-refractivity contribution in [3.05, 3.63) is 188 Å². The zero-order valence-corrected chi connectivity index (χ0v) is 28.8. The molecule has 0 saturated carbocycles. The molecule has 3 aromatic heterocycles. The minimum atomic E-state index is -4.73. The minimum absolute atomic E-state index is 0.0531. The van der Waals surface area contributed by atoms with Crippen molar-refractivity contribution >= 4 is 43.6 Å². The van der Waals surface area contributed by atoms with Crippen LogP contribution < -0.4 is 0 Å². The molecular formula is C48H30F3N3. The number of hydrogen-bond donors (Lipinski definition) is 0. The highest BCUT2D eigenvalue weighted by Crippen LogP contribution is 2.46. The van der Waals surface area contributed by atoms with Crippen molar-refractivity contribution in [2.45, 2.75) is 6.18 Å². The highest BCUT2D eigenvalue weighted by molar-refractivity contribution is 6.12. The van der Waals surface area contributed by atoms with Gasteiger partial charge in [0.05, 0.1) is 33.4 Å². The molecule has 0 N–H and O–H groups in total. The van der Waals surface area contributed by atoms with E-state index in [-0.39, 0.29) is 11.4 Å². The van der Waals surface area contributed by atoms with Gasteiger partial charge in [-0.05, 0) is 94.0 Å². The van der Waals surface area contributed by atoms with E-state index in [9.17, 15) is 0 Å². The Kier molecular flexibility index (Phi) is 7.27. The molecule has 0 fully saturated rings. The van der Waals surface area contributed by atoms with Crippen molar-refractivity contribution in [1.82, 2.24) is 14.1 Å². The molecular weight excluding hydrogens is 676 g/mol. The fourth-order valence-corrected chi connectivity index (χ4v) is 8.05. The number of pyridine rings is 1. The van der Waals surface area contributed by atoms with E-state index >= 15 is 13.2 Å². The first kappa shape index (κ1) is 31.8. The van der Waals surface area contributed by atoms with Crippen molar-refractivity contribution in [3.63, 3.8) is 0 Å². The molecule has 0 atom stereocenters. The summed E-state index contributed by atoms with van der Waals surface area (Å²) in [5.41, 5.74) is 7.62. The maximum atomic E-state index is 16.2. The summed E-state index contributed by atoms with van der Waals surface area (Å²) in [6.07, 6.45) is -1.39. The quantitative estimate of drug-likeness (QED) is 0.175. The SMILES string of the molecule is FC(F)(F)c1c(-n2c3ccccc3c3cc(-c4ccccc4)ccc32)cc(-c2ccncc2)cc1-n1c2ccccc2c2cc(-c3ccccc3)ccc21. The van der Waals surface area contributed by atoms with E-state index in [1.54, 1.807) is 33.7 Å². The van der Waals surface area contributed by atoms with Gasteiger partial charge in [0.2, 0.25) is 0 Å². The fraction of sp³-hybridized carbons (Fsp3) is 0.0208. The Morgan fingerprint density at radius 2 is 0.759 bits per heavy atom. The maximum absolute atomic E-state index is 16.2. The largest absolute Gasteiger partial charge is 0.420 e. The summed E-state index contributed by atoms with van der Waals surface area (Å²) in [4.78, 5) is 4.21. The number of alkyl halides is 3. The lowest BCUT2D eigenvalue weighted by Gasteiger charge is -2.23. The van der Waals surface area contributed by atoms with E-state index in [1.807, 2.05) is 146 Å². The van der Waals surface area contributed by atoms with E-state index in [2.05, 4.69) is 17.1 Å². The van der Waals surface area contributed by atoms with Gasteiger partial charge in [-0.1, -0.05) is 109 Å². The van der Waals surface area contributed by atoms with Gasteiger partial charge in [0.25, 0.3) is 0 Å². The molecule has 0 aliphatic carbocycles. The summed E-state index contributed by atoms with van der Waals surface area (Å²) >= 11 is 0. The van der Waals surface area contributed by atoms with Crippen LogP contribution in [0.15, 0.2) is 182 Å². The summed E-state index contributed by atoms with van der Waals surface area (Å²) in [5.74, 6) is 0. The van der Waals surface area contributed by atoms with E-state index in [0.29, 0.717) is 27.6 Å². The van der Waals surface area contributed by atoms with Crippen molar-refractivity contribution in [3.8, 4) is 44.8 Å². The molecule has 3 heterocycles. The third-order valence-corrected chi connectivity index (χ3v) is 10.4. The topological polar surface area (TPSA) is 22.8 Å². The van der Waals surface area contributed by atoms with Crippen LogP contribution in [0.2, 0.25) is 0 Å². The lowest BCUT2D eigenvalue weighted by Crippen LogP contribution is -2.16. The molecule has 54 heavy (non-hydrogen) atoms. The molecule has 0 radical (unpaired) electrons. The summed E-state index contributed by atoms with van der Waals surface area (Å²) in [6.45, 7) is 0. The zero-order valence-electron chi connectivity index (χ0n) is 28.8. The summed E-state index contributed by atoms with van der Waals surface area (Å²) < 4.78 is 52.1. The van der Waals surface area contributed by atoms with Gasteiger partial charge in [0.15, 0.2) is 0 Å². The van der Waals surface area contributed by atoms with E-state index in [0.717, 1.165) is 49.4 Å². The lowest BCUT2D eigenvalue weighted by atomic mass is 9.99. The van der Waals surface area contributed by atoms with Gasteiger partial charge in [-0.2, -0.15) is 13.2 Å². The fourth-order valence-electron chi connectivity index (χ4n) is 8.05. The number of benzene rings is 7. The number of fused-ring (bicyclic) bond motifs is 6. The second-order valence-corrected chi connectivity index (χ2v) is 13.5. The van der Waals surface area contributed by atoms with Crippen LogP contribution >= 0.6 is 0 Å². The molecule has 0 aliphatic rings. The molecule has 0 saturated heterocycles. The van der Waals surface area contributed by atoms with Gasteiger partial charge in [-0.15, -0.1) is 0 Å². The Bertz CT molecular complexity index is 2840. The Morgan fingerprint density at radius 3 is 1.22 bits per heavy atom. The number of hydrogen-bond acceptors (Lipinski definition) is 1. The zero-order chi connectivity index (χ0) is 36.4. The van der Waals surface area contributed by atoms with Gasteiger partial charge < -0.3 is 9.13 Å². The predicted molar refractivity (Wildman–Crippen MR) is 214 cm³/mol. The van der Waals surface area contributed by atoms with Crippen LogP contribution in [0.4, 0.5) is 13.2 Å². The molecule has 0 bridgehead atoms. The van der Waals surface area contributed by atoms with Crippen LogP contribution in [0.1, 0.15) is 5.56 Å². The second-order valence-electron chi connectivity index (χ2n) is 13.5. The molecule has 0 spiro atoms. The molecule has 10 aromatic rings. The van der Waals surface area contributed by atoms with Gasteiger partial charge in [-0.25, -0.2) is 0 Å². The molecule has 0 aliphatic heterocycles. The summed E-state index contributed by atoms with van der Waals surface area (Å²) in [7, 11) is 0. The number of rotatable bonds is 5. The minimum Gasteiger partial charge on any atom is -0.309 e. The average molecular weight is 706 g/mol. The van der Waals surface area contributed by atoms with Gasteiger partial charge in [0.1, 0.15) is 5.56 Å². The number of nitrogens with zero attached hydrogens (tertiary/aromatic N) is 3. The molecule has 7 aromatic carbocycles. The first-order chi connectivity index (χ1) is 26.4. The first-order valence-electron chi connectivity index (χ1n) is 17.8. The van der Waals surface area contributed by atoms with Crippen LogP contribution in [0.3, 0.4) is 0 Å². The third-order valence-electron chi connectivity index (χ3n) is 10.4. The molecule has 3 nitrogen and oxygen atoms in total. The van der Waals surface area contributed by atoms with Gasteiger partial charge in [-0.3, -0.25) is 4.98 Å². The molecule has 6 heteroatoms. The van der Waals surface area contributed by atoms with E-state index < -0.39 is 11.7 Å². The lowest BCUT2D eigenvalue weighted by molar-refractivity contribution is -0.137. The van der Waals surface area contributed by atoms with Crippen LogP contribution in [0.5, 0.6) is 0 Å². The van der Waals surface area contributed by atoms with Crippen molar-refractivity contribution in [2.75, 3.05) is 0 Å². The van der Waals surface area contributed by atoms with Crippen LogP contribution in [-0.4, -0.2) is 14.1 Å². The van der Waals surface area contributed by atoms with E-state index in [1.165, 1.54) is 0 Å². The smallest absolute Gasteiger partial charge is 0.309 e. The van der Waals surface area contributed by atoms with Crippen molar-refractivity contribution in [2.24, 2.45) is 0 Å². The standard InChI is InChI=1S/C48H30F3N3/c49-48(50,51)47-45(53-41-17-9-7-15-37(41)39-27-34(19-21-43(39)53)31-11-3-1-4-12-31)29-36(33-23-25-52-26-24-33)30-46(47)54-42-18-10-8-16-38(42)40-28-35(20-22-44(40)54)32-13-5-2-6-14-32/h1-30H. The number of halogens is 3. The first-order valence-corrected chi connectivity index (χ1v) is 17.8. The predicted octanol–water partition coefficient (Wildman–Crippen LogP) is 13.3. The van der Waals surface area contributed by atoms with Crippen molar-refractivity contribution in [1.29, 1.82) is 0 Å². The van der Waals surface area contributed by atoms with Gasteiger partial charge >= 0.3 is 6.18 Å². The average Bonchev–Trinajstić information content (AvgIpc) is 3.73. The van der Waals surface area contributed by atoms with Crippen LogP contribution in [-0.2, 0) is 6.18 Å². The van der Waals surface area contributed by atoms with Crippen LogP contribution in [0.25, 0.3) is 88.4 Å².